The largest absolute Gasteiger partial charge is 0.330 e. The summed E-state index contributed by atoms with van der Waals surface area (Å²) in [6.07, 6.45) is 5.84. The molecule has 0 bridgehead atoms. The van der Waals surface area contributed by atoms with Gasteiger partial charge in [-0.25, -0.2) is 4.98 Å². The van der Waals surface area contributed by atoms with Gasteiger partial charge in [0.25, 0.3) is 0 Å². The molecule has 0 radical (unpaired) electrons. The summed E-state index contributed by atoms with van der Waals surface area (Å²) in [6, 6.07) is 8.78. The van der Waals surface area contributed by atoms with Crippen LogP contribution >= 0.6 is 11.3 Å². The Hall–Kier alpha value is -1.65. The molecular weight excluding hydrogens is 254 g/mol. The Morgan fingerprint density at radius 2 is 2.05 bits per heavy atom. The monoisotopic (exact) mass is 271 g/mol. The second-order valence-corrected chi connectivity index (χ2v) is 5.60. The lowest BCUT2D eigenvalue weighted by molar-refractivity contribution is 0.981. The number of nitrogens with two attached hydrogens (primary N) is 1. The fourth-order valence-corrected chi connectivity index (χ4v) is 3.44. The minimum Gasteiger partial charge on any atom is -0.330 e. The minimum absolute atomic E-state index is 0.670. The fourth-order valence-electron chi connectivity index (χ4n) is 2.33. The predicted octanol–water partition coefficient (Wildman–Crippen LogP) is 3.13. The highest BCUT2D eigenvalue weighted by Crippen LogP contribution is 2.31. The summed E-state index contributed by atoms with van der Waals surface area (Å²) in [5, 5.41) is 0. The van der Waals surface area contributed by atoms with Gasteiger partial charge in [-0.15, -0.1) is 11.3 Å². The molecule has 0 amide bonds. The van der Waals surface area contributed by atoms with Crippen LogP contribution in [0, 0.1) is 0 Å². The van der Waals surface area contributed by atoms with Gasteiger partial charge in [-0.05, 0) is 30.5 Å². The maximum Gasteiger partial charge on any atom is 0.194 e. The Labute approximate surface area is 116 Å². The third-order valence-electron chi connectivity index (χ3n) is 3.33. The van der Waals surface area contributed by atoms with Gasteiger partial charge in [0.15, 0.2) is 4.96 Å². The SMILES string of the molecule is CCc1ccc(-c2c(CCN)sc3nccn23)cc1. The maximum atomic E-state index is 5.72. The molecule has 3 rings (SSSR count). The Balaban J connectivity index is 2.14. The van der Waals surface area contributed by atoms with E-state index in [0.29, 0.717) is 6.54 Å². The number of thiazole rings is 1. The fraction of sp³-hybridized carbons (Fsp3) is 0.267. The van der Waals surface area contributed by atoms with Crippen molar-refractivity contribution in [3.05, 3.63) is 47.1 Å². The van der Waals surface area contributed by atoms with E-state index >= 15 is 0 Å². The number of aromatic nitrogens is 2. The van der Waals surface area contributed by atoms with Gasteiger partial charge in [0.1, 0.15) is 0 Å². The molecule has 0 atom stereocenters. The average molecular weight is 271 g/mol. The first kappa shape index (κ1) is 12.4. The molecule has 0 fully saturated rings. The van der Waals surface area contributed by atoms with Crippen LogP contribution in [0.15, 0.2) is 36.7 Å². The standard InChI is InChI=1S/C15H17N3S/c1-2-11-3-5-12(6-4-11)14-13(7-8-16)19-15-17-9-10-18(14)15/h3-6,9-10H,2,7-8,16H2,1H3. The molecule has 1 aromatic carbocycles. The number of hydrogen-bond acceptors (Lipinski definition) is 3. The highest BCUT2D eigenvalue weighted by atomic mass is 32.1. The molecule has 2 heterocycles. The van der Waals surface area contributed by atoms with Crippen molar-refractivity contribution >= 4 is 16.3 Å². The first-order chi connectivity index (χ1) is 9.33. The molecule has 3 nitrogen and oxygen atoms in total. The zero-order valence-electron chi connectivity index (χ0n) is 11.0. The van der Waals surface area contributed by atoms with E-state index < -0.39 is 0 Å². The van der Waals surface area contributed by atoms with Crippen molar-refractivity contribution in [3.8, 4) is 11.3 Å². The van der Waals surface area contributed by atoms with E-state index in [0.717, 1.165) is 17.8 Å². The second-order valence-electron chi connectivity index (χ2n) is 4.54. The van der Waals surface area contributed by atoms with Gasteiger partial charge in [-0.1, -0.05) is 31.2 Å². The molecule has 98 valence electrons. The van der Waals surface area contributed by atoms with E-state index in [1.54, 1.807) is 11.3 Å². The van der Waals surface area contributed by atoms with E-state index in [-0.39, 0.29) is 0 Å². The summed E-state index contributed by atoms with van der Waals surface area (Å²) in [5.41, 5.74) is 9.56. The number of nitrogens with zero attached hydrogens (tertiary/aromatic N) is 2. The van der Waals surface area contributed by atoms with E-state index in [1.807, 2.05) is 12.4 Å². The van der Waals surface area contributed by atoms with Crippen LogP contribution in [0.2, 0.25) is 0 Å². The van der Waals surface area contributed by atoms with E-state index in [4.69, 9.17) is 5.73 Å². The van der Waals surface area contributed by atoms with Crippen LogP contribution < -0.4 is 5.73 Å². The van der Waals surface area contributed by atoms with Gasteiger partial charge in [0.2, 0.25) is 0 Å². The second kappa shape index (κ2) is 5.15. The first-order valence-electron chi connectivity index (χ1n) is 6.57. The van der Waals surface area contributed by atoms with Crippen molar-refractivity contribution in [2.75, 3.05) is 6.54 Å². The van der Waals surface area contributed by atoms with Crippen molar-refractivity contribution in [3.63, 3.8) is 0 Å². The smallest absolute Gasteiger partial charge is 0.194 e. The summed E-state index contributed by atoms with van der Waals surface area (Å²) < 4.78 is 2.16. The molecule has 0 aliphatic heterocycles. The molecule has 0 unspecified atom stereocenters. The number of fused-ring (bicyclic) bond motifs is 1. The number of aryl methyl sites for hydroxylation is 1. The summed E-state index contributed by atoms with van der Waals surface area (Å²) >= 11 is 1.73. The molecule has 0 aliphatic carbocycles. The Morgan fingerprint density at radius 1 is 1.26 bits per heavy atom. The van der Waals surface area contributed by atoms with E-state index in [1.165, 1.54) is 21.7 Å². The average Bonchev–Trinajstić information content (AvgIpc) is 3.00. The lowest BCUT2D eigenvalue weighted by atomic mass is 10.1. The third kappa shape index (κ3) is 2.17. The quantitative estimate of drug-likeness (QED) is 0.792. The van der Waals surface area contributed by atoms with Crippen molar-refractivity contribution in [1.82, 2.24) is 9.38 Å². The van der Waals surface area contributed by atoms with Crippen molar-refractivity contribution in [1.29, 1.82) is 0 Å². The van der Waals surface area contributed by atoms with E-state index in [9.17, 15) is 0 Å². The third-order valence-corrected chi connectivity index (χ3v) is 4.46. The van der Waals surface area contributed by atoms with Crippen LogP contribution in [0.5, 0.6) is 0 Å². The van der Waals surface area contributed by atoms with Crippen LogP contribution in [0.4, 0.5) is 0 Å². The molecule has 2 N–H and O–H groups in total. The van der Waals surface area contributed by atoms with Gasteiger partial charge < -0.3 is 5.73 Å². The van der Waals surface area contributed by atoms with Gasteiger partial charge in [-0.2, -0.15) is 0 Å². The van der Waals surface area contributed by atoms with Crippen molar-refractivity contribution < 1.29 is 0 Å². The molecule has 0 saturated carbocycles. The Bertz CT molecular complexity index is 679. The molecule has 0 saturated heterocycles. The molecule has 19 heavy (non-hydrogen) atoms. The normalized spacial score (nSPS) is 11.3. The van der Waals surface area contributed by atoms with Crippen LogP contribution in [-0.4, -0.2) is 15.9 Å². The minimum atomic E-state index is 0.670. The lowest BCUT2D eigenvalue weighted by Gasteiger charge is -2.05. The Morgan fingerprint density at radius 3 is 2.74 bits per heavy atom. The van der Waals surface area contributed by atoms with Gasteiger partial charge in [-0.3, -0.25) is 4.40 Å². The first-order valence-corrected chi connectivity index (χ1v) is 7.39. The maximum absolute atomic E-state index is 5.72. The predicted molar refractivity (Wildman–Crippen MR) is 80.6 cm³/mol. The summed E-state index contributed by atoms with van der Waals surface area (Å²) in [7, 11) is 0. The van der Waals surface area contributed by atoms with Crippen LogP contribution in [0.3, 0.4) is 0 Å². The highest BCUT2D eigenvalue weighted by molar-refractivity contribution is 7.17. The van der Waals surface area contributed by atoms with Gasteiger partial charge in [0, 0.05) is 17.3 Å². The lowest BCUT2D eigenvalue weighted by Crippen LogP contribution is -2.02. The van der Waals surface area contributed by atoms with Crippen molar-refractivity contribution in [2.45, 2.75) is 19.8 Å². The summed E-state index contributed by atoms with van der Waals surface area (Å²) in [6.45, 7) is 2.84. The molecule has 0 aliphatic rings. The van der Waals surface area contributed by atoms with Crippen molar-refractivity contribution in [2.24, 2.45) is 5.73 Å². The summed E-state index contributed by atoms with van der Waals surface area (Å²) in [4.78, 5) is 6.74. The molecule has 4 heteroatoms. The summed E-state index contributed by atoms with van der Waals surface area (Å²) in [5.74, 6) is 0. The molecule has 3 aromatic rings. The Kier molecular flexibility index (Phi) is 3.36. The van der Waals surface area contributed by atoms with Crippen LogP contribution in [0.1, 0.15) is 17.4 Å². The highest BCUT2D eigenvalue weighted by Gasteiger charge is 2.13. The molecular formula is C15H17N3S. The zero-order valence-corrected chi connectivity index (χ0v) is 11.8. The van der Waals surface area contributed by atoms with E-state index in [2.05, 4.69) is 40.6 Å². The number of benzene rings is 1. The number of hydrogen-bond donors (Lipinski definition) is 1. The number of rotatable bonds is 4. The van der Waals surface area contributed by atoms with Crippen LogP contribution in [0.25, 0.3) is 16.2 Å². The van der Waals surface area contributed by atoms with Gasteiger partial charge >= 0.3 is 0 Å². The number of imidazole rings is 1. The zero-order chi connectivity index (χ0) is 13.2. The topological polar surface area (TPSA) is 43.3 Å². The van der Waals surface area contributed by atoms with Crippen LogP contribution in [-0.2, 0) is 12.8 Å². The molecule has 2 aromatic heterocycles. The van der Waals surface area contributed by atoms with Gasteiger partial charge in [0.05, 0.1) is 5.69 Å². The molecule has 0 spiro atoms.